The van der Waals surface area contributed by atoms with E-state index in [2.05, 4.69) is 42.7 Å². The average molecular weight is 298 g/mol. The van der Waals surface area contributed by atoms with Crippen LogP contribution in [0.15, 0.2) is 22.2 Å². The number of hydrogen-bond donors (Lipinski definition) is 1. The number of anilines is 1. The van der Waals surface area contributed by atoms with Gasteiger partial charge in [-0.2, -0.15) is 0 Å². The molecule has 0 aliphatic heterocycles. The van der Waals surface area contributed by atoms with E-state index < -0.39 is 0 Å². The van der Waals surface area contributed by atoms with Gasteiger partial charge >= 0.3 is 0 Å². The first-order valence-electron chi connectivity index (χ1n) is 4.92. The monoisotopic (exact) mass is 297 g/mol. The second-order valence-corrected chi connectivity index (χ2v) is 5.26. The molecule has 0 bridgehead atoms. The Morgan fingerprint density at radius 1 is 1.44 bits per heavy atom. The molecule has 0 aromatic carbocycles. The number of rotatable bonds is 3. The maximum Gasteiger partial charge on any atom is 0.112 e. The van der Waals surface area contributed by atoms with E-state index in [0.29, 0.717) is 0 Å². The van der Waals surface area contributed by atoms with Crippen LogP contribution in [0.5, 0.6) is 0 Å². The lowest BCUT2D eigenvalue weighted by molar-refractivity contribution is 1.07. The fourth-order valence-corrected chi connectivity index (χ4v) is 2.24. The van der Waals surface area contributed by atoms with E-state index in [1.54, 1.807) is 11.3 Å². The van der Waals surface area contributed by atoms with Crippen molar-refractivity contribution in [3.05, 3.63) is 38.5 Å². The highest BCUT2D eigenvalue weighted by molar-refractivity contribution is 9.10. The molecule has 0 atom stereocenters. The van der Waals surface area contributed by atoms with Crippen molar-refractivity contribution in [3.8, 4) is 0 Å². The van der Waals surface area contributed by atoms with Crippen molar-refractivity contribution >= 4 is 33.0 Å². The number of hydrogen-bond acceptors (Lipinski definition) is 4. The average Bonchev–Trinajstić information content (AvgIpc) is 2.66. The van der Waals surface area contributed by atoms with Gasteiger partial charge in [0.15, 0.2) is 0 Å². The van der Waals surface area contributed by atoms with Gasteiger partial charge in [-0.1, -0.05) is 0 Å². The molecule has 2 rings (SSSR count). The van der Waals surface area contributed by atoms with Gasteiger partial charge in [-0.05, 0) is 41.4 Å². The highest BCUT2D eigenvalue weighted by Gasteiger charge is 2.01. The molecule has 2 aromatic rings. The van der Waals surface area contributed by atoms with Gasteiger partial charge in [0, 0.05) is 11.1 Å². The van der Waals surface area contributed by atoms with E-state index >= 15 is 0 Å². The van der Waals surface area contributed by atoms with E-state index in [1.165, 1.54) is 0 Å². The maximum atomic E-state index is 4.39. The Kier molecular flexibility index (Phi) is 3.56. The summed E-state index contributed by atoms with van der Waals surface area (Å²) in [7, 11) is 0. The summed E-state index contributed by atoms with van der Waals surface area (Å²) in [5.41, 5.74) is 3.22. The Hall–Kier alpha value is -0.940. The first kappa shape index (κ1) is 11.5. The molecule has 0 aliphatic rings. The minimum atomic E-state index is 0.751. The zero-order valence-electron chi connectivity index (χ0n) is 9.12. The van der Waals surface area contributed by atoms with Crippen molar-refractivity contribution in [3.63, 3.8) is 0 Å². The van der Waals surface area contributed by atoms with Crippen LogP contribution >= 0.6 is 27.3 Å². The second-order valence-electron chi connectivity index (χ2n) is 3.57. The third kappa shape index (κ3) is 2.80. The summed E-state index contributed by atoms with van der Waals surface area (Å²) in [6, 6.07) is 2.07. The highest BCUT2D eigenvalue weighted by atomic mass is 79.9. The van der Waals surface area contributed by atoms with Crippen LogP contribution in [0.1, 0.15) is 16.3 Å². The first-order valence-corrected chi connectivity index (χ1v) is 6.59. The van der Waals surface area contributed by atoms with E-state index in [9.17, 15) is 0 Å². The second kappa shape index (κ2) is 4.93. The van der Waals surface area contributed by atoms with Gasteiger partial charge in [0.25, 0.3) is 0 Å². The number of nitrogens with zero attached hydrogens (tertiary/aromatic N) is 2. The Morgan fingerprint density at radius 2 is 2.25 bits per heavy atom. The van der Waals surface area contributed by atoms with Crippen LogP contribution in [-0.2, 0) is 6.54 Å². The van der Waals surface area contributed by atoms with E-state index in [-0.39, 0.29) is 0 Å². The molecule has 5 heteroatoms. The highest BCUT2D eigenvalue weighted by Crippen LogP contribution is 2.18. The van der Waals surface area contributed by atoms with Crippen molar-refractivity contribution < 1.29 is 0 Å². The zero-order chi connectivity index (χ0) is 11.5. The minimum absolute atomic E-state index is 0.751. The number of aryl methyl sites for hydroxylation is 2. The van der Waals surface area contributed by atoms with Crippen LogP contribution < -0.4 is 5.32 Å². The summed E-state index contributed by atoms with van der Waals surface area (Å²) >= 11 is 5.05. The van der Waals surface area contributed by atoms with Crippen LogP contribution in [0.3, 0.4) is 0 Å². The molecule has 0 fully saturated rings. The van der Waals surface area contributed by atoms with Crippen LogP contribution in [-0.4, -0.2) is 9.97 Å². The molecule has 0 amide bonds. The van der Waals surface area contributed by atoms with Crippen LogP contribution in [0.25, 0.3) is 0 Å². The summed E-state index contributed by atoms with van der Waals surface area (Å²) in [6.07, 6.45) is 1.82. The predicted molar refractivity (Wildman–Crippen MR) is 70.9 cm³/mol. The molecule has 0 radical (unpaired) electrons. The van der Waals surface area contributed by atoms with E-state index in [1.807, 2.05) is 20.0 Å². The molecule has 0 unspecified atom stereocenters. The lowest BCUT2D eigenvalue weighted by Gasteiger charge is -2.05. The predicted octanol–water partition coefficient (Wildman–Crippen LogP) is 3.53. The van der Waals surface area contributed by atoms with Gasteiger partial charge in [-0.3, -0.25) is 0 Å². The Balaban J connectivity index is 2.02. The van der Waals surface area contributed by atoms with Crippen molar-refractivity contribution in [2.75, 3.05) is 5.32 Å². The zero-order valence-corrected chi connectivity index (χ0v) is 11.5. The van der Waals surface area contributed by atoms with Gasteiger partial charge in [0.1, 0.15) is 9.61 Å². The van der Waals surface area contributed by atoms with E-state index in [4.69, 9.17) is 0 Å². The summed E-state index contributed by atoms with van der Waals surface area (Å²) in [5, 5.41) is 6.46. The van der Waals surface area contributed by atoms with Gasteiger partial charge < -0.3 is 5.32 Å². The van der Waals surface area contributed by atoms with Gasteiger partial charge in [-0.25, -0.2) is 9.97 Å². The fourth-order valence-electron chi connectivity index (χ4n) is 1.32. The molecule has 16 heavy (non-hydrogen) atoms. The maximum absolute atomic E-state index is 4.39. The number of aromatic nitrogens is 2. The molecule has 2 heterocycles. The standard InChI is InChI=1S/C11H12BrN3S/c1-7-3-9(4-14-11(7)12)13-5-10-15-8(2)6-16-10/h3-4,6,13H,5H2,1-2H3. The molecule has 3 nitrogen and oxygen atoms in total. The lowest BCUT2D eigenvalue weighted by Crippen LogP contribution is -2.00. The summed E-state index contributed by atoms with van der Waals surface area (Å²) < 4.78 is 0.892. The quantitative estimate of drug-likeness (QED) is 0.881. The molecule has 0 aliphatic carbocycles. The first-order chi connectivity index (χ1) is 7.65. The molecular formula is C11H12BrN3S. The van der Waals surface area contributed by atoms with Crippen molar-refractivity contribution in [2.24, 2.45) is 0 Å². The molecule has 1 N–H and O–H groups in total. The largest absolute Gasteiger partial charge is 0.377 e. The van der Waals surface area contributed by atoms with Crippen LogP contribution in [0.4, 0.5) is 5.69 Å². The Bertz CT molecular complexity index is 496. The topological polar surface area (TPSA) is 37.8 Å². The third-order valence-corrected chi connectivity index (χ3v) is 3.92. The minimum Gasteiger partial charge on any atom is -0.377 e. The lowest BCUT2D eigenvalue weighted by atomic mass is 10.3. The molecule has 0 spiro atoms. The molecule has 84 valence electrons. The number of thiazole rings is 1. The molecule has 2 aromatic heterocycles. The summed E-state index contributed by atoms with van der Waals surface area (Å²) in [5.74, 6) is 0. The van der Waals surface area contributed by atoms with Crippen LogP contribution in [0.2, 0.25) is 0 Å². The van der Waals surface area contributed by atoms with E-state index in [0.717, 1.165) is 33.1 Å². The molecule has 0 saturated heterocycles. The third-order valence-electron chi connectivity index (χ3n) is 2.12. The van der Waals surface area contributed by atoms with Crippen molar-refractivity contribution in [1.29, 1.82) is 0 Å². The van der Waals surface area contributed by atoms with Gasteiger partial charge in [0.05, 0.1) is 18.4 Å². The molecular weight excluding hydrogens is 286 g/mol. The Labute approximate surface area is 107 Å². The number of pyridine rings is 1. The van der Waals surface area contributed by atoms with Gasteiger partial charge in [-0.15, -0.1) is 11.3 Å². The normalized spacial score (nSPS) is 10.4. The smallest absolute Gasteiger partial charge is 0.112 e. The van der Waals surface area contributed by atoms with Gasteiger partial charge in [0.2, 0.25) is 0 Å². The van der Waals surface area contributed by atoms with Crippen LogP contribution in [0, 0.1) is 13.8 Å². The Morgan fingerprint density at radius 3 is 2.88 bits per heavy atom. The molecule has 0 saturated carbocycles. The summed E-state index contributed by atoms with van der Waals surface area (Å²) in [6.45, 7) is 4.78. The van der Waals surface area contributed by atoms with Crippen molar-refractivity contribution in [1.82, 2.24) is 9.97 Å². The summed E-state index contributed by atoms with van der Waals surface area (Å²) in [4.78, 5) is 8.63. The number of halogens is 1. The van der Waals surface area contributed by atoms with Crippen molar-refractivity contribution in [2.45, 2.75) is 20.4 Å². The fraction of sp³-hybridized carbons (Fsp3) is 0.273. The number of nitrogens with one attached hydrogen (secondary N) is 1. The SMILES string of the molecule is Cc1csc(CNc2cnc(Br)c(C)c2)n1.